The van der Waals surface area contributed by atoms with Gasteiger partial charge in [0, 0.05) is 11.9 Å². The number of ether oxygens (including phenoxy) is 2. The molecule has 0 unspecified atom stereocenters. The monoisotopic (exact) mass is 390 g/mol. The molecule has 8 nitrogen and oxygen atoms in total. The maximum absolute atomic E-state index is 5.45. The van der Waals surface area contributed by atoms with E-state index in [2.05, 4.69) is 61.7 Å². The van der Waals surface area contributed by atoms with Crippen LogP contribution in [0, 0.1) is 13.8 Å². The van der Waals surface area contributed by atoms with Gasteiger partial charge in [0.2, 0.25) is 18.7 Å². The van der Waals surface area contributed by atoms with Crippen LogP contribution in [0.1, 0.15) is 16.8 Å². The third kappa shape index (κ3) is 3.66. The standard InChI is InChI=1S/C21H22N6O2/c1-13-3-5-16-14(2)24-21(25-17(16)7-13)26-20-22-10-27(11-23-20)9-15-4-6-18-19(8-15)29-12-28-18/h3-8H,9-12H2,1-2H3,(H2,22,23,24,25,26). The number of nitrogens with one attached hydrogen (secondary N) is 2. The minimum atomic E-state index is 0.291. The zero-order valence-corrected chi connectivity index (χ0v) is 16.4. The molecule has 2 aliphatic heterocycles. The normalized spacial score (nSPS) is 15.9. The molecule has 29 heavy (non-hydrogen) atoms. The van der Waals surface area contributed by atoms with Gasteiger partial charge in [-0.3, -0.25) is 10.2 Å². The highest BCUT2D eigenvalue weighted by Crippen LogP contribution is 2.32. The minimum Gasteiger partial charge on any atom is -0.454 e. The Hall–Kier alpha value is -3.39. The summed E-state index contributed by atoms with van der Waals surface area (Å²) < 4.78 is 10.8. The quantitative estimate of drug-likeness (QED) is 0.711. The van der Waals surface area contributed by atoms with E-state index in [1.54, 1.807) is 0 Å². The summed E-state index contributed by atoms with van der Waals surface area (Å²) in [5.74, 6) is 2.84. The smallest absolute Gasteiger partial charge is 0.231 e. The fourth-order valence-corrected chi connectivity index (χ4v) is 3.51. The lowest BCUT2D eigenvalue weighted by Crippen LogP contribution is -2.45. The van der Waals surface area contributed by atoms with Crippen molar-refractivity contribution in [2.24, 2.45) is 4.99 Å². The Morgan fingerprint density at radius 2 is 1.97 bits per heavy atom. The SMILES string of the molecule is Cc1ccc2c(C)nc(NC3=NCN(Cc4ccc5c(c4)OCO5)CN3)nc2c1. The van der Waals surface area contributed by atoms with Crippen LogP contribution < -0.4 is 20.1 Å². The molecule has 3 aromatic rings. The number of hydrogen-bond acceptors (Lipinski definition) is 8. The van der Waals surface area contributed by atoms with E-state index in [-0.39, 0.29) is 0 Å². The van der Waals surface area contributed by atoms with Gasteiger partial charge in [-0.1, -0.05) is 18.2 Å². The van der Waals surface area contributed by atoms with E-state index < -0.39 is 0 Å². The molecule has 3 heterocycles. The van der Waals surface area contributed by atoms with E-state index in [1.807, 2.05) is 19.1 Å². The van der Waals surface area contributed by atoms with Crippen LogP contribution in [0.2, 0.25) is 0 Å². The molecule has 8 heteroatoms. The summed E-state index contributed by atoms with van der Waals surface area (Å²) >= 11 is 0. The van der Waals surface area contributed by atoms with Crippen LogP contribution in [-0.2, 0) is 6.54 Å². The first kappa shape index (κ1) is 17.7. The highest BCUT2D eigenvalue weighted by atomic mass is 16.7. The fraction of sp³-hybridized carbons (Fsp3) is 0.286. The molecular formula is C21H22N6O2. The van der Waals surface area contributed by atoms with Crippen molar-refractivity contribution in [1.29, 1.82) is 0 Å². The molecule has 2 N–H and O–H groups in total. The second kappa shape index (κ2) is 7.21. The maximum Gasteiger partial charge on any atom is 0.231 e. The highest BCUT2D eigenvalue weighted by molar-refractivity contribution is 5.93. The Morgan fingerprint density at radius 1 is 1.07 bits per heavy atom. The lowest BCUT2D eigenvalue weighted by atomic mass is 10.1. The molecule has 0 spiro atoms. The van der Waals surface area contributed by atoms with Crippen LogP contribution in [0.5, 0.6) is 11.5 Å². The summed E-state index contributed by atoms with van der Waals surface area (Å²) in [7, 11) is 0. The van der Waals surface area contributed by atoms with E-state index in [0.29, 0.717) is 32.0 Å². The van der Waals surface area contributed by atoms with Crippen molar-refractivity contribution in [3.05, 3.63) is 53.2 Å². The van der Waals surface area contributed by atoms with Crippen molar-refractivity contribution in [3.63, 3.8) is 0 Å². The van der Waals surface area contributed by atoms with Crippen molar-refractivity contribution in [1.82, 2.24) is 20.2 Å². The predicted octanol–water partition coefficient (Wildman–Crippen LogP) is 2.76. The van der Waals surface area contributed by atoms with Crippen LogP contribution in [0.15, 0.2) is 41.4 Å². The van der Waals surface area contributed by atoms with Crippen molar-refractivity contribution in [3.8, 4) is 11.5 Å². The number of rotatable bonds is 3. The summed E-state index contributed by atoms with van der Waals surface area (Å²) in [6, 6.07) is 12.2. The molecule has 0 saturated carbocycles. The van der Waals surface area contributed by atoms with Gasteiger partial charge in [0.25, 0.3) is 0 Å². The van der Waals surface area contributed by atoms with Crippen molar-refractivity contribution in [2.45, 2.75) is 20.4 Å². The van der Waals surface area contributed by atoms with E-state index >= 15 is 0 Å². The molecule has 0 radical (unpaired) electrons. The van der Waals surface area contributed by atoms with Gasteiger partial charge in [-0.25, -0.2) is 15.0 Å². The van der Waals surface area contributed by atoms with Gasteiger partial charge in [0.05, 0.1) is 24.5 Å². The third-order valence-corrected chi connectivity index (χ3v) is 5.02. The Labute approximate surface area is 168 Å². The molecule has 0 amide bonds. The number of aliphatic imine (C=N–C) groups is 1. The van der Waals surface area contributed by atoms with E-state index in [4.69, 9.17) is 9.47 Å². The summed E-state index contributed by atoms with van der Waals surface area (Å²) in [6.07, 6.45) is 0. The number of fused-ring (bicyclic) bond motifs is 2. The molecule has 0 aliphatic carbocycles. The fourth-order valence-electron chi connectivity index (χ4n) is 3.51. The second-order valence-electron chi connectivity index (χ2n) is 7.28. The number of aromatic nitrogens is 2. The maximum atomic E-state index is 5.45. The second-order valence-corrected chi connectivity index (χ2v) is 7.28. The topological polar surface area (TPSA) is 83.9 Å². The number of guanidine groups is 1. The number of nitrogens with zero attached hydrogens (tertiary/aromatic N) is 4. The molecule has 2 aromatic carbocycles. The summed E-state index contributed by atoms with van der Waals surface area (Å²) in [4.78, 5) is 16.0. The van der Waals surface area contributed by atoms with Crippen molar-refractivity contribution in [2.75, 3.05) is 25.4 Å². The van der Waals surface area contributed by atoms with Crippen LogP contribution in [-0.4, -0.2) is 41.0 Å². The van der Waals surface area contributed by atoms with Crippen molar-refractivity contribution >= 4 is 22.8 Å². The molecule has 1 aromatic heterocycles. The van der Waals surface area contributed by atoms with E-state index in [1.165, 1.54) is 5.56 Å². The first-order valence-electron chi connectivity index (χ1n) is 9.55. The Bertz CT molecular complexity index is 1110. The van der Waals surface area contributed by atoms with Crippen LogP contribution in [0.4, 0.5) is 5.95 Å². The van der Waals surface area contributed by atoms with Crippen LogP contribution in [0.25, 0.3) is 10.9 Å². The average Bonchev–Trinajstić information content (AvgIpc) is 3.17. The molecule has 0 fully saturated rings. The third-order valence-electron chi connectivity index (χ3n) is 5.02. The summed E-state index contributed by atoms with van der Waals surface area (Å²) in [5.41, 5.74) is 4.21. The molecule has 0 atom stereocenters. The Balaban J connectivity index is 1.26. The Kier molecular flexibility index (Phi) is 4.40. The van der Waals surface area contributed by atoms with Gasteiger partial charge in [-0.2, -0.15) is 0 Å². The molecule has 148 valence electrons. The number of aryl methyl sites for hydroxylation is 2. The lowest BCUT2D eigenvalue weighted by Gasteiger charge is -2.27. The molecule has 0 saturated heterocycles. The summed E-state index contributed by atoms with van der Waals surface area (Å²) in [5, 5.41) is 7.57. The zero-order valence-electron chi connectivity index (χ0n) is 16.4. The lowest BCUT2D eigenvalue weighted by molar-refractivity contribution is 0.174. The van der Waals surface area contributed by atoms with E-state index in [9.17, 15) is 0 Å². The molecule has 2 aliphatic rings. The zero-order chi connectivity index (χ0) is 19.8. The van der Waals surface area contributed by atoms with E-state index in [0.717, 1.165) is 40.2 Å². The first-order chi connectivity index (χ1) is 14.1. The van der Waals surface area contributed by atoms with Crippen LogP contribution >= 0.6 is 0 Å². The van der Waals surface area contributed by atoms with Gasteiger partial charge in [0.1, 0.15) is 0 Å². The Morgan fingerprint density at radius 3 is 2.83 bits per heavy atom. The predicted molar refractivity (Wildman–Crippen MR) is 111 cm³/mol. The van der Waals surface area contributed by atoms with Crippen molar-refractivity contribution < 1.29 is 9.47 Å². The average molecular weight is 390 g/mol. The minimum absolute atomic E-state index is 0.291. The van der Waals surface area contributed by atoms with Gasteiger partial charge in [-0.15, -0.1) is 0 Å². The molecule has 5 rings (SSSR count). The van der Waals surface area contributed by atoms with Gasteiger partial charge in [-0.05, 0) is 43.2 Å². The largest absolute Gasteiger partial charge is 0.454 e. The number of anilines is 1. The van der Waals surface area contributed by atoms with Crippen LogP contribution in [0.3, 0.4) is 0 Å². The first-order valence-corrected chi connectivity index (χ1v) is 9.55. The van der Waals surface area contributed by atoms with Gasteiger partial charge in [0.15, 0.2) is 11.5 Å². The number of hydrogen-bond donors (Lipinski definition) is 2. The van der Waals surface area contributed by atoms with Gasteiger partial charge >= 0.3 is 0 Å². The number of benzene rings is 2. The molecule has 0 bridgehead atoms. The highest BCUT2D eigenvalue weighted by Gasteiger charge is 2.17. The summed E-state index contributed by atoms with van der Waals surface area (Å²) in [6.45, 7) is 6.37. The van der Waals surface area contributed by atoms with Gasteiger partial charge < -0.3 is 14.8 Å². The molecular weight excluding hydrogens is 368 g/mol.